The molecule has 0 heterocycles. The molecule has 2 heteroatoms. The van der Waals surface area contributed by atoms with Crippen molar-refractivity contribution in [3.05, 3.63) is 0 Å². The molecule has 0 radical (unpaired) electrons. The fourth-order valence-corrected chi connectivity index (χ4v) is 1.37. The Morgan fingerprint density at radius 2 is 1.64 bits per heavy atom. The van der Waals surface area contributed by atoms with Crippen LogP contribution in [-0.4, -0.2) is 24.4 Å². The van der Waals surface area contributed by atoms with Crippen LogP contribution in [0.2, 0.25) is 0 Å². The highest BCUT2D eigenvalue weighted by atomic mass is 16.2. The summed E-state index contributed by atoms with van der Waals surface area (Å²) in [6.07, 6.45) is 0. The normalized spacial score (nSPS) is 12.4. The van der Waals surface area contributed by atoms with Gasteiger partial charge in [0, 0.05) is 19.0 Å². The van der Waals surface area contributed by atoms with E-state index >= 15 is 0 Å². The highest BCUT2D eigenvalue weighted by molar-refractivity contribution is 5.81. The number of hydrogen-bond donors (Lipinski definition) is 0. The van der Waals surface area contributed by atoms with Gasteiger partial charge in [0.1, 0.15) is 0 Å². The average molecular weight is 199 g/mol. The van der Waals surface area contributed by atoms with Gasteiger partial charge in [-0.3, -0.25) is 4.79 Å². The van der Waals surface area contributed by atoms with Crippen molar-refractivity contribution in [3.8, 4) is 0 Å². The molecule has 0 aliphatic heterocycles. The molecule has 14 heavy (non-hydrogen) atoms. The van der Waals surface area contributed by atoms with Crippen LogP contribution in [0, 0.1) is 17.3 Å². The van der Waals surface area contributed by atoms with Gasteiger partial charge in [-0.2, -0.15) is 0 Å². The summed E-state index contributed by atoms with van der Waals surface area (Å²) in [5, 5.41) is 0. The summed E-state index contributed by atoms with van der Waals surface area (Å²) in [6, 6.07) is 0. The van der Waals surface area contributed by atoms with Gasteiger partial charge in [-0.1, -0.05) is 41.5 Å². The Morgan fingerprint density at radius 3 is 1.93 bits per heavy atom. The first kappa shape index (κ1) is 13.5. The van der Waals surface area contributed by atoms with E-state index in [9.17, 15) is 4.79 Å². The molecular formula is C12H25NO. The van der Waals surface area contributed by atoms with Crippen LogP contribution < -0.4 is 0 Å². The first-order valence-corrected chi connectivity index (χ1v) is 5.45. The molecule has 0 atom stereocenters. The fourth-order valence-electron chi connectivity index (χ4n) is 1.37. The summed E-state index contributed by atoms with van der Waals surface area (Å²) in [4.78, 5) is 13.9. The predicted octanol–water partition coefficient (Wildman–Crippen LogP) is 2.78. The van der Waals surface area contributed by atoms with Crippen LogP contribution in [0.4, 0.5) is 0 Å². The van der Waals surface area contributed by atoms with E-state index in [1.165, 1.54) is 0 Å². The van der Waals surface area contributed by atoms with E-state index in [-0.39, 0.29) is 11.3 Å². The average Bonchev–Trinajstić information content (AvgIpc) is 2.01. The summed E-state index contributed by atoms with van der Waals surface area (Å²) < 4.78 is 0. The Kier molecular flexibility index (Phi) is 4.63. The zero-order valence-corrected chi connectivity index (χ0v) is 10.7. The van der Waals surface area contributed by atoms with Crippen LogP contribution >= 0.6 is 0 Å². The predicted molar refractivity (Wildman–Crippen MR) is 61.1 cm³/mol. The minimum Gasteiger partial charge on any atom is -0.345 e. The summed E-state index contributed by atoms with van der Waals surface area (Å²) in [5.74, 6) is 1.16. The van der Waals surface area contributed by atoms with Crippen LogP contribution in [-0.2, 0) is 4.79 Å². The SMILES string of the molecule is CC(C)CN(C)C(=O)C(C)(C)C(C)C. The van der Waals surface area contributed by atoms with Gasteiger partial charge in [-0.05, 0) is 11.8 Å². The number of carbonyl (C=O) groups excluding carboxylic acids is 1. The van der Waals surface area contributed by atoms with Crippen LogP contribution in [0.15, 0.2) is 0 Å². The molecule has 0 saturated carbocycles. The number of carbonyl (C=O) groups is 1. The van der Waals surface area contributed by atoms with Crippen molar-refractivity contribution in [3.63, 3.8) is 0 Å². The number of rotatable bonds is 4. The summed E-state index contributed by atoms with van der Waals surface area (Å²) in [5.41, 5.74) is -0.246. The van der Waals surface area contributed by atoms with Gasteiger partial charge < -0.3 is 4.90 Å². The lowest BCUT2D eigenvalue weighted by atomic mass is 9.80. The summed E-state index contributed by atoms with van der Waals surface area (Å²) in [7, 11) is 1.90. The van der Waals surface area contributed by atoms with Crippen molar-refractivity contribution in [2.24, 2.45) is 17.3 Å². The molecule has 0 spiro atoms. The van der Waals surface area contributed by atoms with E-state index in [2.05, 4.69) is 27.7 Å². The quantitative estimate of drug-likeness (QED) is 0.682. The Hall–Kier alpha value is -0.530. The van der Waals surface area contributed by atoms with Crippen LogP contribution in [0.1, 0.15) is 41.5 Å². The molecular weight excluding hydrogens is 174 g/mol. The third kappa shape index (κ3) is 3.32. The highest BCUT2D eigenvalue weighted by Crippen LogP contribution is 2.28. The highest BCUT2D eigenvalue weighted by Gasteiger charge is 2.33. The van der Waals surface area contributed by atoms with E-state index in [4.69, 9.17) is 0 Å². The Bertz CT molecular complexity index is 194. The van der Waals surface area contributed by atoms with E-state index < -0.39 is 0 Å². The Morgan fingerprint density at radius 1 is 1.21 bits per heavy atom. The monoisotopic (exact) mass is 199 g/mol. The molecule has 0 aromatic carbocycles. The maximum absolute atomic E-state index is 12.1. The molecule has 0 rings (SSSR count). The third-order valence-electron chi connectivity index (χ3n) is 2.98. The summed E-state index contributed by atoms with van der Waals surface area (Å²) >= 11 is 0. The lowest BCUT2D eigenvalue weighted by Crippen LogP contribution is -2.42. The Balaban J connectivity index is 4.45. The van der Waals surface area contributed by atoms with Gasteiger partial charge in [-0.15, -0.1) is 0 Å². The molecule has 0 aromatic heterocycles. The molecule has 1 amide bonds. The number of amides is 1. The molecule has 0 unspecified atom stereocenters. The zero-order chi connectivity index (χ0) is 11.5. The second-order valence-electron chi connectivity index (χ2n) is 5.46. The largest absolute Gasteiger partial charge is 0.345 e. The van der Waals surface area contributed by atoms with Crippen molar-refractivity contribution >= 4 is 5.91 Å². The molecule has 0 bridgehead atoms. The van der Waals surface area contributed by atoms with Crippen molar-refractivity contribution in [2.45, 2.75) is 41.5 Å². The molecule has 0 saturated heterocycles. The Labute approximate surface area is 88.7 Å². The second kappa shape index (κ2) is 4.81. The van der Waals surface area contributed by atoms with Gasteiger partial charge in [0.2, 0.25) is 5.91 Å². The second-order valence-corrected chi connectivity index (χ2v) is 5.46. The van der Waals surface area contributed by atoms with E-state index in [1.54, 1.807) is 0 Å². The first-order chi connectivity index (χ1) is 6.19. The third-order valence-corrected chi connectivity index (χ3v) is 2.98. The van der Waals surface area contributed by atoms with Crippen LogP contribution in [0.3, 0.4) is 0 Å². The van der Waals surface area contributed by atoms with Gasteiger partial charge in [-0.25, -0.2) is 0 Å². The van der Waals surface area contributed by atoms with Crippen molar-refractivity contribution in [1.29, 1.82) is 0 Å². The van der Waals surface area contributed by atoms with Crippen LogP contribution in [0.5, 0.6) is 0 Å². The molecule has 0 aliphatic rings. The van der Waals surface area contributed by atoms with Crippen LogP contribution in [0.25, 0.3) is 0 Å². The zero-order valence-electron chi connectivity index (χ0n) is 10.7. The molecule has 2 nitrogen and oxygen atoms in total. The molecule has 0 N–H and O–H groups in total. The van der Waals surface area contributed by atoms with E-state index in [0.717, 1.165) is 6.54 Å². The lowest BCUT2D eigenvalue weighted by molar-refractivity contribution is -0.141. The topological polar surface area (TPSA) is 20.3 Å². The maximum Gasteiger partial charge on any atom is 0.228 e. The van der Waals surface area contributed by atoms with E-state index in [0.29, 0.717) is 11.8 Å². The van der Waals surface area contributed by atoms with Gasteiger partial charge in [0.25, 0.3) is 0 Å². The van der Waals surface area contributed by atoms with Gasteiger partial charge in [0.05, 0.1) is 0 Å². The standard InChI is InChI=1S/C12H25NO/c1-9(2)8-13(7)11(14)12(5,6)10(3)4/h9-10H,8H2,1-7H3. The van der Waals surface area contributed by atoms with E-state index in [1.807, 2.05) is 25.8 Å². The first-order valence-electron chi connectivity index (χ1n) is 5.45. The minimum absolute atomic E-state index is 0.246. The minimum atomic E-state index is -0.246. The molecule has 0 aliphatic carbocycles. The van der Waals surface area contributed by atoms with Crippen molar-refractivity contribution in [2.75, 3.05) is 13.6 Å². The van der Waals surface area contributed by atoms with Crippen molar-refractivity contribution in [1.82, 2.24) is 4.90 Å². The molecule has 0 aromatic rings. The van der Waals surface area contributed by atoms with Gasteiger partial charge in [0.15, 0.2) is 0 Å². The van der Waals surface area contributed by atoms with Crippen molar-refractivity contribution < 1.29 is 4.79 Å². The smallest absolute Gasteiger partial charge is 0.228 e. The van der Waals surface area contributed by atoms with Gasteiger partial charge >= 0.3 is 0 Å². The maximum atomic E-state index is 12.1. The number of nitrogens with zero attached hydrogens (tertiary/aromatic N) is 1. The summed E-state index contributed by atoms with van der Waals surface area (Å²) in [6.45, 7) is 13.4. The molecule has 84 valence electrons. The molecule has 0 fully saturated rings. The number of hydrogen-bond acceptors (Lipinski definition) is 1. The lowest BCUT2D eigenvalue weighted by Gasteiger charge is -2.33. The fraction of sp³-hybridized carbons (Fsp3) is 0.917.